The normalized spacial score (nSPS) is 21.4. The van der Waals surface area contributed by atoms with Crippen molar-refractivity contribution >= 4 is 11.6 Å². The first-order valence-electron chi connectivity index (χ1n) is 9.02. The summed E-state index contributed by atoms with van der Waals surface area (Å²) in [5, 5.41) is 3.08. The van der Waals surface area contributed by atoms with E-state index in [4.69, 9.17) is 4.74 Å². The summed E-state index contributed by atoms with van der Waals surface area (Å²) in [6, 6.07) is 17.5. The molecule has 25 heavy (non-hydrogen) atoms. The maximum Gasteiger partial charge on any atom is 0.287 e. The zero-order valence-electron chi connectivity index (χ0n) is 15.0. The number of piperidine rings is 1. The number of rotatable bonds is 5. The highest BCUT2D eigenvalue weighted by Crippen LogP contribution is 2.19. The first-order chi connectivity index (χ1) is 12.2. The molecule has 4 nitrogen and oxygen atoms in total. The Labute approximate surface area is 149 Å². The molecule has 0 unspecified atom stereocenters. The third kappa shape index (κ3) is 4.40. The van der Waals surface area contributed by atoms with Gasteiger partial charge in [0.2, 0.25) is 0 Å². The van der Waals surface area contributed by atoms with E-state index in [2.05, 4.69) is 24.4 Å². The van der Waals surface area contributed by atoms with Gasteiger partial charge < -0.3 is 15.0 Å². The number of methoxy groups -OCH3 is 1. The van der Waals surface area contributed by atoms with Gasteiger partial charge in [0.05, 0.1) is 20.2 Å². The van der Waals surface area contributed by atoms with Gasteiger partial charge >= 0.3 is 0 Å². The van der Waals surface area contributed by atoms with Crippen LogP contribution in [0.1, 0.15) is 31.4 Å². The molecule has 0 saturated carbocycles. The van der Waals surface area contributed by atoms with Gasteiger partial charge in [-0.15, -0.1) is 0 Å². The molecule has 1 fully saturated rings. The Kier molecular flexibility index (Phi) is 5.71. The molecule has 0 aromatic heterocycles. The lowest BCUT2D eigenvalue weighted by atomic mass is 9.95. The first kappa shape index (κ1) is 17.5. The van der Waals surface area contributed by atoms with Crippen molar-refractivity contribution in [3.63, 3.8) is 0 Å². The maximum atomic E-state index is 13.1. The molecule has 132 valence electrons. The number of nitrogens with one attached hydrogen (secondary N) is 2. The van der Waals surface area contributed by atoms with E-state index in [0.29, 0.717) is 0 Å². The largest absolute Gasteiger partial charge is 0.497 e. The minimum absolute atomic E-state index is 0.0454. The van der Waals surface area contributed by atoms with Gasteiger partial charge in [-0.25, -0.2) is 0 Å². The molecule has 1 aliphatic heterocycles. The fourth-order valence-electron chi connectivity index (χ4n) is 3.55. The van der Waals surface area contributed by atoms with Gasteiger partial charge in [0.15, 0.2) is 6.04 Å². The summed E-state index contributed by atoms with van der Waals surface area (Å²) in [5.41, 5.74) is 1.85. The number of hydrogen-bond donors (Lipinski definition) is 2. The van der Waals surface area contributed by atoms with Gasteiger partial charge in [0, 0.05) is 17.3 Å². The topological polar surface area (TPSA) is 42.8 Å². The summed E-state index contributed by atoms with van der Waals surface area (Å²) in [6.45, 7) is 4.36. The van der Waals surface area contributed by atoms with E-state index in [-0.39, 0.29) is 11.9 Å². The average Bonchev–Trinajstić information content (AvgIpc) is 2.64. The lowest BCUT2D eigenvalue weighted by Crippen LogP contribution is -3.14. The fourth-order valence-corrected chi connectivity index (χ4v) is 3.55. The van der Waals surface area contributed by atoms with Gasteiger partial charge in [0.1, 0.15) is 5.75 Å². The molecule has 0 spiro atoms. The number of amides is 1. The Bertz CT molecular complexity index is 694. The summed E-state index contributed by atoms with van der Waals surface area (Å²) in [6.07, 6.45) is 2.34. The standard InChI is InChI=1S/C21H26N2O2/c1-16-11-13-23(14-12-16)20(17-7-4-3-5-8-17)21(24)22-18-9-6-10-19(15-18)25-2/h3-10,15-16,20H,11-14H2,1-2H3,(H,22,24)/p+1/t20-/m1/s1. The van der Waals surface area contributed by atoms with Crippen molar-refractivity contribution in [1.29, 1.82) is 0 Å². The molecular formula is C21H27N2O2+. The Balaban J connectivity index is 1.82. The van der Waals surface area contributed by atoms with Gasteiger partial charge in [-0.1, -0.05) is 43.3 Å². The van der Waals surface area contributed by atoms with E-state index in [1.54, 1.807) is 7.11 Å². The number of ether oxygens (including phenoxy) is 1. The molecule has 2 aromatic carbocycles. The van der Waals surface area contributed by atoms with Crippen LogP contribution < -0.4 is 15.0 Å². The quantitative estimate of drug-likeness (QED) is 0.879. The molecule has 0 aliphatic carbocycles. The maximum absolute atomic E-state index is 13.1. The van der Waals surface area contributed by atoms with Crippen LogP contribution in [0.25, 0.3) is 0 Å². The van der Waals surface area contributed by atoms with Gasteiger partial charge in [-0.05, 0) is 30.9 Å². The Morgan fingerprint density at radius 2 is 1.84 bits per heavy atom. The summed E-state index contributed by atoms with van der Waals surface area (Å²) in [5.74, 6) is 1.54. The molecule has 1 aliphatic rings. The Morgan fingerprint density at radius 3 is 2.52 bits per heavy atom. The van der Waals surface area contributed by atoms with E-state index in [0.717, 1.165) is 36.0 Å². The second-order valence-corrected chi connectivity index (χ2v) is 6.91. The number of likely N-dealkylation sites (tertiary alicyclic amines) is 1. The molecule has 1 saturated heterocycles. The van der Waals surface area contributed by atoms with Crippen molar-refractivity contribution in [3.8, 4) is 5.75 Å². The number of carbonyl (C=O) groups is 1. The zero-order valence-corrected chi connectivity index (χ0v) is 15.0. The van der Waals surface area contributed by atoms with Crippen LogP contribution in [0, 0.1) is 5.92 Å². The Hall–Kier alpha value is -2.33. The van der Waals surface area contributed by atoms with Crippen LogP contribution in [0.3, 0.4) is 0 Å². The monoisotopic (exact) mass is 339 g/mol. The minimum Gasteiger partial charge on any atom is -0.497 e. The summed E-state index contributed by atoms with van der Waals surface area (Å²) >= 11 is 0. The van der Waals surface area contributed by atoms with Gasteiger partial charge in [0.25, 0.3) is 5.91 Å². The van der Waals surface area contributed by atoms with E-state index in [1.807, 2.05) is 42.5 Å². The van der Waals surface area contributed by atoms with E-state index >= 15 is 0 Å². The minimum atomic E-state index is -0.181. The van der Waals surface area contributed by atoms with Crippen molar-refractivity contribution < 1.29 is 14.4 Å². The highest BCUT2D eigenvalue weighted by Gasteiger charge is 2.33. The number of quaternary nitrogens is 1. The highest BCUT2D eigenvalue weighted by atomic mass is 16.5. The fraction of sp³-hybridized carbons (Fsp3) is 0.381. The summed E-state index contributed by atoms with van der Waals surface area (Å²) in [4.78, 5) is 14.5. The lowest BCUT2D eigenvalue weighted by molar-refractivity contribution is -0.927. The van der Waals surface area contributed by atoms with Crippen LogP contribution in [-0.2, 0) is 4.79 Å². The lowest BCUT2D eigenvalue weighted by Gasteiger charge is -2.33. The van der Waals surface area contributed by atoms with E-state index < -0.39 is 0 Å². The molecule has 1 amide bonds. The molecular weight excluding hydrogens is 312 g/mol. The van der Waals surface area contributed by atoms with Crippen LogP contribution in [-0.4, -0.2) is 26.1 Å². The molecule has 0 radical (unpaired) electrons. The predicted octanol–water partition coefficient (Wildman–Crippen LogP) is 2.69. The molecule has 1 atom stereocenters. The molecule has 3 rings (SSSR count). The summed E-state index contributed by atoms with van der Waals surface area (Å²) < 4.78 is 5.25. The van der Waals surface area contributed by atoms with Crippen LogP contribution in [0.15, 0.2) is 54.6 Å². The van der Waals surface area contributed by atoms with Crippen molar-refractivity contribution in [2.24, 2.45) is 5.92 Å². The van der Waals surface area contributed by atoms with E-state index in [1.165, 1.54) is 17.7 Å². The zero-order chi connectivity index (χ0) is 17.6. The number of carbonyl (C=O) groups excluding carboxylic acids is 1. The smallest absolute Gasteiger partial charge is 0.287 e. The van der Waals surface area contributed by atoms with Gasteiger partial charge in [-0.3, -0.25) is 4.79 Å². The van der Waals surface area contributed by atoms with Crippen molar-refractivity contribution in [1.82, 2.24) is 0 Å². The molecule has 0 bridgehead atoms. The van der Waals surface area contributed by atoms with Crippen molar-refractivity contribution in [2.45, 2.75) is 25.8 Å². The molecule has 2 N–H and O–H groups in total. The third-order valence-electron chi connectivity index (χ3n) is 5.06. The number of anilines is 1. The highest BCUT2D eigenvalue weighted by molar-refractivity contribution is 5.94. The number of hydrogen-bond acceptors (Lipinski definition) is 2. The van der Waals surface area contributed by atoms with Gasteiger partial charge in [-0.2, -0.15) is 0 Å². The first-order valence-corrected chi connectivity index (χ1v) is 9.02. The van der Waals surface area contributed by atoms with Crippen LogP contribution in [0.2, 0.25) is 0 Å². The second kappa shape index (κ2) is 8.17. The third-order valence-corrected chi connectivity index (χ3v) is 5.06. The van der Waals surface area contributed by atoms with Crippen molar-refractivity contribution in [2.75, 3.05) is 25.5 Å². The van der Waals surface area contributed by atoms with Crippen molar-refractivity contribution in [3.05, 3.63) is 60.2 Å². The molecule has 2 aromatic rings. The van der Waals surface area contributed by atoms with Crippen LogP contribution in [0.4, 0.5) is 5.69 Å². The van der Waals surface area contributed by atoms with E-state index in [9.17, 15) is 4.79 Å². The average molecular weight is 339 g/mol. The second-order valence-electron chi connectivity index (χ2n) is 6.91. The Morgan fingerprint density at radius 1 is 1.12 bits per heavy atom. The number of benzene rings is 2. The predicted molar refractivity (Wildman–Crippen MR) is 99.9 cm³/mol. The molecule has 4 heteroatoms. The SMILES string of the molecule is COc1cccc(NC(=O)[C@@H](c2ccccc2)[NH+]2CCC(C)CC2)c1. The summed E-state index contributed by atoms with van der Waals surface area (Å²) in [7, 11) is 1.63. The van der Waals surface area contributed by atoms with Crippen LogP contribution >= 0.6 is 0 Å². The molecule has 1 heterocycles. The van der Waals surface area contributed by atoms with Crippen LogP contribution in [0.5, 0.6) is 5.75 Å².